The Morgan fingerprint density at radius 1 is 0.821 bits per heavy atom. The highest BCUT2D eigenvalue weighted by atomic mass is 19.2. The number of unbranched alkanes of at least 4 members (excludes halogenated alkanes) is 4. The maximum Gasteiger partial charge on any atom is 0.200 e. The van der Waals surface area contributed by atoms with Crippen LogP contribution in [0.2, 0.25) is 0 Å². The van der Waals surface area contributed by atoms with E-state index in [9.17, 15) is 31.9 Å². The monoisotopic (exact) mass is 409 g/mol. The highest BCUT2D eigenvalue weighted by Gasteiger charge is 2.26. The minimum Gasteiger partial charge on any atom is -0.545 e. The standard InChI is InChI=1S/C13H28N.C7HF5O2/c1-3-4-5-6-8-11-14(2)12-9-7-10-13-14;8-2-1(7(13)14)3(9)5(11)6(12)4(2)10/h3-13H2,1-2H3;(H,13,14)/q+1;/p-1. The molecule has 0 N–H and O–H groups in total. The number of halogens is 5. The quantitative estimate of drug-likeness (QED) is 0.221. The Morgan fingerprint density at radius 2 is 1.29 bits per heavy atom. The molecular weight excluding hydrogens is 381 g/mol. The third kappa shape index (κ3) is 6.72. The first-order valence-electron chi connectivity index (χ1n) is 9.71. The minimum absolute atomic E-state index is 1.37. The van der Waals surface area contributed by atoms with Crippen molar-refractivity contribution in [1.29, 1.82) is 0 Å². The maximum atomic E-state index is 12.5. The summed E-state index contributed by atoms with van der Waals surface area (Å²) in [5, 5.41) is 10.0. The van der Waals surface area contributed by atoms with Crippen LogP contribution in [-0.2, 0) is 0 Å². The summed E-state index contributed by atoms with van der Waals surface area (Å²) in [6.45, 7) is 6.60. The number of hydrogen-bond acceptors (Lipinski definition) is 2. The van der Waals surface area contributed by atoms with E-state index in [2.05, 4.69) is 14.0 Å². The molecule has 0 radical (unpaired) electrons. The summed E-state index contributed by atoms with van der Waals surface area (Å²) in [5.41, 5.74) is -1.97. The van der Waals surface area contributed by atoms with E-state index in [-0.39, 0.29) is 0 Å². The second-order valence-corrected chi connectivity index (χ2v) is 7.50. The molecule has 1 saturated heterocycles. The smallest absolute Gasteiger partial charge is 0.200 e. The molecule has 2 rings (SSSR count). The number of nitrogens with zero attached hydrogens (tertiary/aromatic N) is 1. The first-order chi connectivity index (χ1) is 13.1. The lowest BCUT2D eigenvalue weighted by Gasteiger charge is -2.37. The molecule has 8 heteroatoms. The van der Waals surface area contributed by atoms with Gasteiger partial charge in [-0.3, -0.25) is 0 Å². The predicted molar refractivity (Wildman–Crippen MR) is 94.0 cm³/mol. The average Bonchev–Trinajstić information content (AvgIpc) is 2.65. The van der Waals surface area contributed by atoms with Gasteiger partial charge in [0.1, 0.15) is 0 Å². The number of carboxylic acids is 1. The normalized spacial score (nSPS) is 15.7. The highest BCUT2D eigenvalue weighted by Crippen LogP contribution is 2.22. The summed E-state index contributed by atoms with van der Waals surface area (Å²) in [6.07, 6.45) is 11.6. The Kier molecular flexibility index (Phi) is 9.85. The number of piperidine rings is 1. The maximum absolute atomic E-state index is 12.5. The van der Waals surface area contributed by atoms with Crippen LogP contribution in [0.15, 0.2) is 0 Å². The first-order valence-corrected chi connectivity index (χ1v) is 9.71. The molecule has 1 aromatic carbocycles. The van der Waals surface area contributed by atoms with Crippen molar-refractivity contribution in [3.8, 4) is 0 Å². The van der Waals surface area contributed by atoms with Gasteiger partial charge in [0.25, 0.3) is 0 Å². The lowest BCUT2D eigenvalue weighted by atomic mass is 10.1. The molecule has 1 aliphatic rings. The Morgan fingerprint density at radius 3 is 1.75 bits per heavy atom. The SMILES string of the molecule is CCCCCCC[N+]1(C)CCCCC1.O=C([O-])c1c(F)c(F)c(F)c(F)c1F. The van der Waals surface area contributed by atoms with Crippen LogP contribution in [0.25, 0.3) is 0 Å². The summed E-state index contributed by atoms with van der Waals surface area (Å²) >= 11 is 0. The van der Waals surface area contributed by atoms with Gasteiger partial charge in [0.2, 0.25) is 5.82 Å². The number of benzene rings is 1. The van der Waals surface area contributed by atoms with E-state index in [1.54, 1.807) is 0 Å². The van der Waals surface area contributed by atoms with E-state index in [1.807, 2.05) is 0 Å². The van der Waals surface area contributed by atoms with Crippen LogP contribution in [-0.4, -0.2) is 37.1 Å². The zero-order valence-corrected chi connectivity index (χ0v) is 16.4. The molecule has 0 unspecified atom stereocenters. The number of carboxylic acid groups (broad SMARTS) is 1. The van der Waals surface area contributed by atoms with E-state index < -0.39 is 40.6 Å². The number of rotatable bonds is 7. The van der Waals surface area contributed by atoms with Crippen molar-refractivity contribution in [2.75, 3.05) is 26.7 Å². The zero-order valence-electron chi connectivity index (χ0n) is 16.4. The van der Waals surface area contributed by atoms with Crippen LogP contribution < -0.4 is 5.11 Å². The van der Waals surface area contributed by atoms with Crippen molar-refractivity contribution in [1.82, 2.24) is 0 Å². The molecule has 1 fully saturated rings. The van der Waals surface area contributed by atoms with Crippen molar-refractivity contribution in [2.45, 2.75) is 58.3 Å². The second kappa shape index (κ2) is 11.3. The number of likely N-dealkylation sites (tertiary alicyclic amines) is 1. The largest absolute Gasteiger partial charge is 0.545 e. The van der Waals surface area contributed by atoms with Crippen molar-refractivity contribution in [2.24, 2.45) is 0 Å². The van der Waals surface area contributed by atoms with E-state index in [0.29, 0.717) is 0 Å². The fourth-order valence-electron chi connectivity index (χ4n) is 3.38. The average molecular weight is 409 g/mol. The van der Waals surface area contributed by atoms with Crippen molar-refractivity contribution in [3.05, 3.63) is 34.6 Å². The van der Waals surface area contributed by atoms with Gasteiger partial charge in [0.15, 0.2) is 23.3 Å². The number of hydrogen-bond donors (Lipinski definition) is 0. The van der Waals surface area contributed by atoms with Crippen molar-refractivity contribution >= 4 is 5.97 Å². The van der Waals surface area contributed by atoms with E-state index in [0.717, 1.165) is 0 Å². The van der Waals surface area contributed by atoms with Gasteiger partial charge in [-0.15, -0.1) is 0 Å². The van der Waals surface area contributed by atoms with Gasteiger partial charge in [0.05, 0.1) is 38.2 Å². The summed E-state index contributed by atoms with van der Waals surface area (Å²) in [6, 6.07) is 0. The van der Waals surface area contributed by atoms with Gasteiger partial charge in [0, 0.05) is 0 Å². The van der Waals surface area contributed by atoms with Gasteiger partial charge in [-0.1, -0.05) is 26.2 Å². The van der Waals surface area contributed by atoms with Gasteiger partial charge < -0.3 is 14.4 Å². The molecule has 0 bridgehead atoms. The van der Waals surface area contributed by atoms with E-state index in [4.69, 9.17) is 0 Å². The molecule has 1 aromatic rings. The molecular formula is C20H28F5NO2. The van der Waals surface area contributed by atoms with E-state index in [1.165, 1.54) is 75.5 Å². The summed E-state index contributed by atoms with van der Waals surface area (Å²) in [5.74, 6) is -14.4. The Hall–Kier alpha value is -1.70. The van der Waals surface area contributed by atoms with E-state index >= 15 is 0 Å². The molecule has 0 aliphatic carbocycles. The lowest BCUT2D eigenvalue weighted by molar-refractivity contribution is -0.914. The van der Waals surface area contributed by atoms with Gasteiger partial charge >= 0.3 is 0 Å². The second-order valence-electron chi connectivity index (χ2n) is 7.50. The van der Waals surface area contributed by atoms with Crippen LogP contribution in [0.1, 0.15) is 68.6 Å². The molecule has 160 valence electrons. The van der Waals surface area contributed by atoms with Crippen LogP contribution in [0, 0.1) is 29.1 Å². The third-order valence-electron chi connectivity index (χ3n) is 5.11. The fraction of sp³-hybridized carbons (Fsp3) is 0.650. The van der Waals surface area contributed by atoms with Gasteiger partial charge in [-0.2, -0.15) is 0 Å². The highest BCUT2D eigenvalue weighted by molar-refractivity contribution is 5.86. The first kappa shape index (κ1) is 24.3. The summed E-state index contributed by atoms with van der Waals surface area (Å²) in [4.78, 5) is 10.0. The van der Waals surface area contributed by atoms with Gasteiger partial charge in [-0.25, -0.2) is 22.0 Å². The predicted octanol–water partition coefficient (Wildman–Crippen LogP) is 4.33. The van der Waals surface area contributed by atoms with Crippen LogP contribution in [0.3, 0.4) is 0 Å². The fourth-order valence-corrected chi connectivity index (χ4v) is 3.38. The van der Waals surface area contributed by atoms with Crippen LogP contribution in [0.4, 0.5) is 22.0 Å². The van der Waals surface area contributed by atoms with Crippen molar-refractivity contribution in [3.63, 3.8) is 0 Å². The number of carbonyl (C=O) groups is 1. The minimum atomic E-state index is -2.47. The van der Waals surface area contributed by atoms with Crippen LogP contribution in [0.5, 0.6) is 0 Å². The molecule has 0 spiro atoms. The molecule has 0 aromatic heterocycles. The van der Waals surface area contributed by atoms with Gasteiger partial charge in [-0.05, 0) is 32.1 Å². The number of quaternary nitrogens is 1. The zero-order chi connectivity index (χ0) is 21.3. The summed E-state index contributed by atoms with van der Waals surface area (Å²) in [7, 11) is 2.46. The molecule has 28 heavy (non-hydrogen) atoms. The molecule has 0 atom stereocenters. The van der Waals surface area contributed by atoms with Crippen LogP contribution >= 0.6 is 0 Å². The van der Waals surface area contributed by atoms with Crippen molar-refractivity contribution < 1.29 is 36.3 Å². The Labute approximate surface area is 162 Å². The Balaban J connectivity index is 0.000000280. The topological polar surface area (TPSA) is 40.1 Å². The number of aromatic carboxylic acids is 1. The molecule has 1 aliphatic heterocycles. The number of carbonyl (C=O) groups excluding carboxylic acids is 1. The summed E-state index contributed by atoms with van der Waals surface area (Å²) < 4.78 is 63.3. The third-order valence-corrected chi connectivity index (χ3v) is 5.11. The molecule has 0 saturated carbocycles. The molecule has 1 heterocycles. The molecule has 3 nitrogen and oxygen atoms in total. The lowest BCUT2D eigenvalue weighted by Crippen LogP contribution is -2.48. The molecule has 0 amide bonds. The Bertz CT molecular complexity index is 631.